The third kappa shape index (κ3) is 3.49. The largest absolute Gasteiger partial charge is 0.345 e. The number of nitrogens with zero attached hydrogens (tertiary/aromatic N) is 2. The number of hydrogen-bond donors (Lipinski definition) is 1. The number of rotatable bonds is 4. The maximum atomic E-state index is 13.0. The molecule has 4 nitrogen and oxygen atoms in total. The van der Waals surface area contributed by atoms with Crippen LogP contribution in [0.15, 0.2) is 48.8 Å². The summed E-state index contributed by atoms with van der Waals surface area (Å²) in [7, 11) is 0. The summed E-state index contributed by atoms with van der Waals surface area (Å²) in [5.74, 6) is -0.478. The molecule has 0 aliphatic heterocycles. The van der Waals surface area contributed by atoms with Crippen LogP contribution in [0.2, 0.25) is 0 Å². The monoisotopic (exact) mass is 341 g/mol. The lowest BCUT2D eigenvalue weighted by Crippen LogP contribution is -2.26. The van der Waals surface area contributed by atoms with E-state index in [0.717, 1.165) is 16.1 Å². The van der Waals surface area contributed by atoms with Gasteiger partial charge in [0.1, 0.15) is 15.7 Å². The van der Waals surface area contributed by atoms with E-state index in [-0.39, 0.29) is 17.8 Å². The summed E-state index contributed by atoms with van der Waals surface area (Å²) in [6.07, 6.45) is 3.42. The summed E-state index contributed by atoms with van der Waals surface area (Å²) in [5.41, 5.74) is 2.42. The van der Waals surface area contributed by atoms with Gasteiger partial charge in [0.2, 0.25) is 0 Å². The van der Waals surface area contributed by atoms with Crippen LogP contribution >= 0.6 is 11.3 Å². The molecule has 0 spiro atoms. The third-order valence-corrected chi connectivity index (χ3v) is 4.83. The van der Waals surface area contributed by atoms with Crippen molar-refractivity contribution in [1.82, 2.24) is 15.3 Å². The molecule has 1 aromatic carbocycles. The quantitative estimate of drug-likeness (QED) is 0.776. The van der Waals surface area contributed by atoms with E-state index in [9.17, 15) is 9.18 Å². The second-order valence-corrected chi connectivity index (χ2v) is 6.42. The zero-order chi connectivity index (χ0) is 17.1. The lowest BCUT2D eigenvalue weighted by Gasteiger charge is -2.13. The van der Waals surface area contributed by atoms with E-state index < -0.39 is 0 Å². The van der Waals surface area contributed by atoms with Gasteiger partial charge < -0.3 is 5.32 Å². The molecular formula is C18H16FN3OS. The highest BCUT2D eigenvalue weighted by molar-refractivity contribution is 7.17. The summed E-state index contributed by atoms with van der Waals surface area (Å²) in [6, 6.07) is 9.63. The standard InChI is InChI=1S/C18H16FN3OS/c1-11(13-5-7-15(19)8-6-13)21-17(23)16-12(2)22-18(24-16)14-4-3-9-20-10-14/h3-11H,1-2H3,(H,21,23)/t11-/m1/s1. The predicted molar refractivity (Wildman–Crippen MR) is 92.4 cm³/mol. The molecule has 0 bridgehead atoms. The van der Waals surface area contributed by atoms with Crippen molar-refractivity contribution in [2.75, 3.05) is 0 Å². The maximum absolute atomic E-state index is 13.0. The minimum atomic E-state index is -0.295. The van der Waals surface area contributed by atoms with Crippen molar-refractivity contribution in [3.05, 3.63) is 70.7 Å². The Morgan fingerprint density at radius 1 is 1.25 bits per heavy atom. The van der Waals surface area contributed by atoms with Crippen LogP contribution in [0.1, 0.15) is 33.9 Å². The van der Waals surface area contributed by atoms with Crippen LogP contribution in [0.5, 0.6) is 0 Å². The first-order valence-electron chi connectivity index (χ1n) is 7.49. The van der Waals surface area contributed by atoms with Crippen molar-refractivity contribution >= 4 is 17.2 Å². The smallest absolute Gasteiger partial charge is 0.263 e. The van der Waals surface area contributed by atoms with Crippen molar-refractivity contribution < 1.29 is 9.18 Å². The Bertz CT molecular complexity index is 846. The van der Waals surface area contributed by atoms with Crippen LogP contribution in [-0.2, 0) is 0 Å². The summed E-state index contributed by atoms with van der Waals surface area (Å²) in [6.45, 7) is 3.68. The molecule has 2 heterocycles. The van der Waals surface area contributed by atoms with Gasteiger partial charge in [0.05, 0.1) is 11.7 Å². The van der Waals surface area contributed by atoms with E-state index >= 15 is 0 Å². The Morgan fingerprint density at radius 2 is 2.00 bits per heavy atom. The highest BCUT2D eigenvalue weighted by Gasteiger charge is 2.18. The minimum absolute atomic E-state index is 0.183. The average Bonchev–Trinajstić information content (AvgIpc) is 2.98. The molecule has 0 saturated carbocycles. The second-order valence-electron chi connectivity index (χ2n) is 5.42. The lowest BCUT2D eigenvalue weighted by atomic mass is 10.1. The van der Waals surface area contributed by atoms with Gasteiger partial charge in [-0.3, -0.25) is 9.78 Å². The summed E-state index contributed by atoms with van der Waals surface area (Å²) in [5, 5.41) is 3.70. The zero-order valence-electron chi connectivity index (χ0n) is 13.3. The van der Waals surface area contributed by atoms with Crippen LogP contribution in [0.4, 0.5) is 4.39 Å². The molecule has 0 aliphatic carbocycles. The van der Waals surface area contributed by atoms with Crippen LogP contribution in [0, 0.1) is 12.7 Å². The van der Waals surface area contributed by atoms with Crippen molar-refractivity contribution in [3.63, 3.8) is 0 Å². The highest BCUT2D eigenvalue weighted by Crippen LogP contribution is 2.27. The fourth-order valence-electron chi connectivity index (χ4n) is 2.32. The molecule has 122 valence electrons. The first kappa shape index (κ1) is 16.3. The number of carbonyl (C=O) groups is 1. The molecule has 3 aromatic rings. The van der Waals surface area contributed by atoms with Gasteiger partial charge >= 0.3 is 0 Å². The first-order valence-corrected chi connectivity index (χ1v) is 8.30. The number of amides is 1. The molecule has 1 N–H and O–H groups in total. The summed E-state index contributed by atoms with van der Waals surface area (Å²) in [4.78, 5) is 21.6. The molecule has 2 aromatic heterocycles. The molecule has 0 aliphatic rings. The molecule has 6 heteroatoms. The molecule has 0 radical (unpaired) electrons. The van der Waals surface area contributed by atoms with Gasteiger partial charge in [-0.15, -0.1) is 11.3 Å². The van der Waals surface area contributed by atoms with Gasteiger partial charge in [0.25, 0.3) is 5.91 Å². The van der Waals surface area contributed by atoms with E-state index in [1.165, 1.54) is 23.5 Å². The van der Waals surface area contributed by atoms with Gasteiger partial charge in [0.15, 0.2) is 0 Å². The molecule has 3 rings (SSSR count). The Kier molecular flexibility index (Phi) is 4.66. The van der Waals surface area contributed by atoms with E-state index in [1.54, 1.807) is 24.5 Å². The predicted octanol–water partition coefficient (Wildman–Crippen LogP) is 4.14. The first-order chi connectivity index (χ1) is 11.5. The van der Waals surface area contributed by atoms with E-state index in [2.05, 4.69) is 15.3 Å². The van der Waals surface area contributed by atoms with Gasteiger partial charge in [-0.2, -0.15) is 0 Å². The topological polar surface area (TPSA) is 54.9 Å². The maximum Gasteiger partial charge on any atom is 0.263 e. The molecule has 0 saturated heterocycles. The average molecular weight is 341 g/mol. The fraction of sp³-hybridized carbons (Fsp3) is 0.167. The number of pyridine rings is 1. The van der Waals surface area contributed by atoms with Crippen LogP contribution in [-0.4, -0.2) is 15.9 Å². The van der Waals surface area contributed by atoms with Crippen LogP contribution < -0.4 is 5.32 Å². The Morgan fingerprint density at radius 3 is 2.67 bits per heavy atom. The molecule has 0 unspecified atom stereocenters. The normalized spacial score (nSPS) is 12.0. The minimum Gasteiger partial charge on any atom is -0.345 e. The number of thiazole rings is 1. The van der Waals surface area contributed by atoms with Crippen molar-refractivity contribution in [2.24, 2.45) is 0 Å². The van der Waals surface area contributed by atoms with E-state index in [4.69, 9.17) is 0 Å². The zero-order valence-corrected chi connectivity index (χ0v) is 14.1. The van der Waals surface area contributed by atoms with Gasteiger partial charge in [-0.1, -0.05) is 12.1 Å². The van der Waals surface area contributed by atoms with Crippen molar-refractivity contribution in [1.29, 1.82) is 0 Å². The number of aryl methyl sites for hydroxylation is 1. The Balaban J connectivity index is 1.78. The lowest BCUT2D eigenvalue weighted by molar-refractivity contribution is 0.0943. The van der Waals surface area contributed by atoms with E-state index in [1.807, 2.05) is 26.0 Å². The Hall–Kier alpha value is -2.60. The van der Waals surface area contributed by atoms with Crippen molar-refractivity contribution in [2.45, 2.75) is 19.9 Å². The van der Waals surface area contributed by atoms with Crippen LogP contribution in [0.25, 0.3) is 10.6 Å². The van der Waals surface area contributed by atoms with Gasteiger partial charge in [0, 0.05) is 18.0 Å². The number of carbonyl (C=O) groups excluding carboxylic acids is 1. The van der Waals surface area contributed by atoms with Gasteiger partial charge in [-0.25, -0.2) is 9.37 Å². The number of aromatic nitrogens is 2. The number of halogens is 1. The second kappa shape index (κ2) is 6.88. The van der Waals surface area contributed by atoms with Crippen LogP contribution in [0.3, 0.4) is 0 Å². The molecule has 1 amide bonds. The molecule has 0 fully saturated rings. The highest BCUT2D eigenvalue weighted by atomic mass is 32.1. The molecule has 24 heavy (non-hydrogen) atoms. The molecule has 1 atom stereocenters. The Labute approximate surface area is 143 Å². The van der Waals surface area contributed by atoms with Crippen molar-refractivity contribution in [3.8, 4) is 10.6 Å². The SMILES string of the molecule is Cc1nc(-c2cccnc2)sc1C(=O)N[C@H](C)c1ccc(F)cc1. The number of nitrogens with one attached hydrogen (secondary N) is 1. The molecular weight excluding hydrogens is 325 g/mol. The summed E-state index contributed by atoms with van der Waals surface area (Å²) >= 11 is 1.34. The fourth-order valence-corrected chi connectivity index (χ4v) is 3.28. The number of benzene rings is 1. The number of hydrogen-bond acceptors (Lipinski definition) is 4. The van der Waals surface area contributed by atoms with Gasteiger partial charge in [-0.05, 0) is 43.7 Å². The summed E-state index contributed by atoms with van der Waals surface area (Å²) < 4.78 is 13.0. The third-order valence-electron chi connectivity index (χ3n) is 3.63. The van der Waals surface area contributed by atoms with E-state index in [0.29, 0.717) is 10.6 Å².